The molecular formula is C23H25N5O4. The minimum atomic E-state index is -0.150. The number of fused-ring (bicyclic) bond motifs is 1. The number of hydrogen-bond acceptors (Lipinski definition) is 6. The average molecular weight is 435 g/mol. The number of aromatic nitrogens is 4. The molecule has 0 atom stereocenters. The van der Waals surface area contributed by atoms with E-state index in [4.69, 9.17) is 9.47 Å². The molecule has 2 aliphatic heterocycles. The van der Waals surface area contributed by atoms with Crippen molar-refractivity contribution in [3.05, 3.63) is 63.7 Å². The van der Waals surface area contributed by atoms with Gasteiger partial charge in [-0.2, -0.15) is 5.10 Å². The lowest BCUT2D eigenvalue weighted by molar-refractivity contribution is 0.0678. The lowest BCUT2D eigenvalue weighted by Gasteiger charge is -2.33. The van der Waals surface area contributed by atoms with E-state index in [0.29, 0.717) is 62.0 Å². The van der Waals surface area contributed by atoms with E-state index in [9.17, 15) is 9.59 Å². The zero-order valence-corrected chi connectivity index (χ0v) is 18.2. The third-order valence-corrected chi connectivity index (χ3v) is 5.93. The van der Waals surface area contributed by atoms with Gasteiger partial charge < -0.3 is 14.4 Å². The lowest BCUT2D eigenvalue weighted by atomic mass is 10.0. The molecule has 0 saturated carbocycles. The zero-order valence-electron chi connectivity index (χ0n) is 18.2. The Kier molecular flexibility index (Phi) is 5.16. The van der Waals surface area contributed by atoms with Gasteiger partial charge in [-0.1, -0.05) is 6.07 Å². The summed E-state index contributed by atoms with van der Waals surface area (Å²) in [6, 6.07) is 10.5. The van der Waals surface area contributed by atoms with Gasteiger partial charge in [0, 0.05) is 24.8 Å². The van der Waals surface area contributed by atoms with Crippen LogP contribution in [0, 0.1) is 13.8 Å². The van der Waals surface area contributed by atoms with Crippen LogP contribution in [0.3, 0.4) is 0 Å². The Morgan fingerprint density at radius 1 is 1.03 bits per heavy atom. The number of ether oxygens (including phenoxy) is 2. The van der Waals surface area contributed by atoms with Gasteiger partial charge >= 0.3 is 0 Å². The molecule has 1 fully saturated rings. The van der Waals surface area contributed by atoms with E-state index in [1.165, 1.54) is 10.7 Å². The minimum absolute atomic E-state index is 0.0762. The van der Waals surface area contributed by atoms with Crippen LogP contribution in [-0.2, 0) is 0 Å². The van der Waals surface area contributed by atoms with Crippen molar-refractivity contribution < 1.29 is 14.3 Å². The van der Waals surface area contributed by atoms with Crippen molar-refractivity contribution in [3.8, 4) is 17.3 Å². The molecule has 2 aromatic heterocycles. The molecule has 5 rings (SSSR count). The summed E-state index contributed by atoms with van der Waals surface area (Å²) >= 11 is 0. The van der Waals surface area contributed by atoms with E-state index >= 15 is 0 Å². The number of rotatable bonds is 3. The predicted octanol–water partition coefficient (Wildman–Crippen LogP) is 2.29. The highest BCUT2D eigenvalue weighted by molar-refractivity contribution is 5.98. The Bertz CT molecular complexity index is 1220. The van der Waals surface area contributed by atoms with Crippen molar-refractivity contribution in [3.63, 3.8) is 0 Å². The molecule has 0 bridgehead atoms. The molecule has 166 valence electrons. The number of nitrogens with zero attached hydrogens (tertiary/aromatic N) is 5. The number of carbonyl (C=O) groups is 1. The smallest absolute Gasteiger partial charge is 0.267 e. The van der Waals surface area contributed by atoms with Gasteiger partial charge in [0.25, 0.3) is 11.5 Å². The van der Waals surface area contributed by atoms with Gasteiger partial charge in [0.2, 0.25) is 0 Å². The van der Waals surface area contributed by atoms with Crippen LogP contribution in [0.15, 0.2) is 41.2 Å². The fourth-order valence-electron chi connectivity index (χ4n) is 4.38. The summed E-state index contributed by atoms with van der Waals surface area (Å²) in [6.45, 7) is 5.86. The second-order valence-corrected chi connectivity index (χ2v) is 8.17. The van der Waals surface area contributed by atoms with Crippen LogP contribution in [0.5, 0.6) is 11.5 Å². The summed E-state index contributed by atoms with van der Waals surface area (Å²) in [5.41, 5.74) is 2.22. The highest BCUT2D eigenvalue weighted by Gasteiger charge is 2.29. The summed E-state index contributed by atoms with van der Waals surface area (Å²) in [4.78, 5) is 27.5. The molecule has 9 nitrogen and oxygen atoms in total. The maximum absolute atomic E-state index is 13.2. The van der Waals surface area contributed by atoms with Crippen LogP contribution in [0.2, 0.25) is 0 Å². The maximum atomic E-state index is 13.2. The molecule has 1 saturated heterocycles. The van der Waals surface area contributed by atoms with Gasteiger partial charge in [0.15, 0.2) is 17.3 Å². The number of hydrogen-bond donors (Lipinski definition) is 0. The van der Waals surface area contributed by atoms with E-state index in [1.54, 1.807) is 21.7 Å². The zero-order chi connectivity index (χ0) is 22.2. The quantitative estimate of drug-likeness (QED) is 0.627. The first-order valence-electron chi connectivity index (χ1n) is 10.8. The number of carbonyl (C=O) groups excluding carboxylic acids is 1. The molecule has 1 amide bonds. The number of benzene rings is 1. The molecule has 1 aromatic carbocycles. The van der Waals surface area contributed by atoms with E-state index in [-0.39, 0.29) is 17.5 Å². The second kappa shape index (κ2) is 8.14. The van der Waals surface area contributed by atoms with Crippen molar-refractivity contribution >= 4 is 5.91 Å². The minimum Gasteiger partial charge on any atom is -0.486 e. The van der Waals surface area contributed by atoms with Crippen LogP contribution < -0.4 is 15.0 Å². The van der Waals surface area contributed by atoms with E-state index in [2.05, 4.69) is 10.2 Å². The molecule has 32 heavy (non-hydrogen) atoms. The Labute approximate surface area is 185 Å². The van der Waals surface area contributed by atoms with E-state index < -0.39 is 0 Å². The van der Waals surface area contributed by atoms with E-state index in [0.717, 1.165) is 11.4 Å². The first-order valence-corrected chi connectivity index (χ1v) is 10.8. The molecule has 0 aliphatic carbocycles. The highest BCUT2D eigenvalue weighted by Crippen LogP contribution is 2.35. The molecule has 0 radical (unpaired) electrons. The molecular weight excluding hydrogens is 410 g/mol. The van der Waals surface area contributed by atoms with Crippen LogP contribution in [0.1, 0.15) is 40.6 Å². The van der Waals surface area contributed by atoms with Crippen molar-refractivity contribution in [2.24, 2.45) is 0 Å². The summed E-state index contributed by atoms with van der Waals surface area (Å²) in [7, 11) is 0. The molecule has 0 spiro atoms. The van der Waals surface area contributed by atoms with Gasteiger partial charge in [-0.15, -0.1) is 5.10 Å². The first kappa shape index (κ1) is 20.3. The first-order chi connectivity index (χ1) is 15.5. The summed E-state index contributed by atoms with van der Waals surface area (Å²) in [5.74, 6) is 1.65. The van der Waals surface area contributed by atoms with Crippen LogP contribution in [-0.4, -0.2) is 56.7 Å². The third-order valence-electron chi connectivity index (χ3n) is 5.93. The van der Waals surface area contributed by atoms with Gasteiger partial charge in [-0.05, 0) is 51.0 Å². The Morgan fingerprint density at radius 3 is 2.56 bits per heavy atom. The van der Waals surface area contributed by atoms with Crippen molar-refractivity contribution in [1.82, 2.24) is 24.5 Å². The molecule has 0 N–H and O–H groups in total. The predicted molar refractivity (Wildman–Crippen MR) is 117 cm³/mol. The van der Waals surface area contributed by atoms with Crippen molar-refractivity contribution in [2.45, 2.75) is 32.7 Å². The normalized spacial score (nSPS) is 16.2. The van der Waals surface area contributed by atoms with E-state index in [1.807, 2.05) is 32.0 Å². The third kappa shape index (κ3) is 3.63. The SMILES string of the molecule is Cc1cc(C)n(-c2ccc(=O)n(C3CCN(C(=O)c4cccc5c4OCCO5)CC3)n2)n1. The van der Waals surface area contributed by atoms with Gasteiger partial charge in [-0.25, -0.2) is 9.36 Å². The average Bonchev–Trinajstić information content (AvgIpc) is 3.16. The number of amides is 1. The molecule has 4 heterocycles. The summed E-state index contributed by atoms with van der Waals surface area (Å²) < 4.78 is 14.6. The second-order valence-electron chi connectivity index (χ2n) is 8.17. The standard InChI is InChI=1S/C23H25N5O4/c1-15-14-16(2)27(24-15)20-6-7-21(29)28(25-20)17-8-10-26(11-9-17)23(30)18-4-3-5-19-22(18)32-13-12-31-19/h3-7,14,17H,8-13H2,1-2H3. The molecule has 9 heteroatoms. The Hall–Kier alpha value is -3.62. The topological polar surface area (TPSA) is 91.5 Å². The molecule has 0 unspecified atom stereocenters. The van der Waals surface area contributed by atoms with Crippen LogP contribution in [0.25, 0.3) is 5.82 Å². The molecule has 3 aromatic rings. The number of piperidine rings is 1. The highest BCUT2D eigenvalue weighted by atomic mass is 16.6. The Morgan fingerprint density at radius 2 is 1.81 bits per heavy atom. The molecule has 2 aliphatic rings. The van der Waals surface area contributed by atoms with Crippen LogP contribution in [0.4, 0.5) is 0 Å². The monoisotopic (exact) mass is 435 g/mol. The largest absolute Gasteiger partial charge is 0.486 e. The summed E-state index contributed by atoms with van der Waals surface area (Å²) in [6.07, 6.45) is 1.29. The number of likely N-dealkylation sites (tertiary alicyclic amines) is 1. The van der Waals surface area contributed by atoms with Crippen molar-refractivity contribution in [2.75, 3.05) is 26.3 Å². The summed E-state index contributed by atoms with van der Waals surface area (Å²) in [5, 5.41) is 9.05. The van der Waals surface area contributed by atoms with Gasteiger partial charge in [0.1, 0.15) is 13.2 Å². The number of aryl methyl sites for hydroxylation is 2. The fraction of sp³-hybridized carbons (Fsp3) is 0.391. The van der Waals surface area contributed by atoms with Gasteiger partial charge in [-0.3, -0.25) is 9.59 Å². The number of para-hydroxylation sites is 1. The van der Waals surface area contributed by atoms with Crippen molar-refractivity contribution in [1.29, 1.82) is 0 Å². The Balaban J connectivity index is 1.33. The van der Waals surface area contributed by atoms with Crippen LogP contribution >= 0.6 is 0 Å². The maximum Gasteiger partial charge on any atom is 0.267 e. The lowest BCUT2D eigenvalue weighted by Crippen LogP contribution is -2.41. The fourth-order valence-corrected chi connectivity index (χ4v) is 4.38. The van der Waals surface area contributed by atoms with Gasteiger partial charge in [0.05, 0.1) is 17.3 Å².